The van der Waals surface area contributed by atoms with Crippen LogP contribution in [0.3, 0.4) is 0 Å². The average molecular weight is 361 g/mol. The molecule has 0 spiro atoms. The number of urea groups is 1. The van der Waals surface area contributed by atoms with Crippen LogP contribution in [0.25, 0.3) is 0 Å². The Balaban J connectivity index is 1.64. The molecule has 0 aliphatic carbocycles. The first kappa shape index (κ1) is 17.1. The van der Waals surface area contributed by atoms with Crippen LogP contribution in [0.5, 0.6) is 0 Å². The monoisotopic (exact) mass is 361 g/mol. The molecule has 2 heterocycles. The molecule has 1 N–H and O–H groups in total. The van der Waals surface area contributed by atoms with Crippen molar-refractivity contribution in [2.45, 2.75) is 25.8 Å². The van der Waals surface area contributed by atoms with Crippen molar-refractivity contribution in [3.05, 3.63) is 47.0 Å². The Hall–Kier alpha value is -2.72. The fourth-order valence-corrected chi connectivity index (χ4v) is 2.49. The summed E-state index contributed by atoms with van der Waals surface area (Å²) in [5.74, 6) is -2.62. The number of nitrogens with one attached hydrogen (secondary N) is 1. The zero-order chi connectivity index (χ0) is 18.2. The van der Waals surface area contributed by atoms with Crippen molar-refractivity contribution >= 4 is 6.03 Å². The molecule has 0 radical (unpaired) electrons. The fraction of sp³-hybridized carbons (Fsp3) is 0.357. The van der Waals surface area contributed by atoms with Crippen LogP contribution in [-0.2, 0) is 25.8 Å². The molecule has 1 aliphatic rings. The van der Waals surface area contributed by atoms with Crippen molar-refractivity contribution in [2.75, 3.05) is 6.54 Å². The van der Waals surface area contributed by atoms with Crippen LogP contribution in [0.2, 0.25) is 0 Å². The Morgan fingerprint density at radius 1 is 1.20 bits per heavy atom. The van der Waals surface area contributed by atoms with Gasteiger partial charge in [-0.2, -0.15) is 13.2 Å². The molecule has 1 aliphatic heterocycles. The summed E-state index contributed by atoms with van der Waals surface area (Å²) in [6.07, 6.45) is -4.62. The molecule has 1 aromatic carbocycles. The number of hydrogen-bond donors (Lipinski definition) is 1. The second-order valence-corrected chi connectivity index (χ2v) is 5.41. The number of carbonyl (C=O) groups excluding carboxylic acids is 1. The van der Waals surface area contributed by atoms with Crippen LogP contribution in [0, 0.1) is 11.6 Å². The molecule has 0 bridgehead atoms. The highest BCUT2D eigenvalue weighted by atomic mass is 19.4. The Bertz CT molecular complexity index is 803. The number of benzene rings is 1. The van der Waals surface area contributed by atoms with E-state index in [1.54, 1.807) is 0 Å². The maximum atomic E-state index is 13.5. The van der Waals surface area contributed by atoms with Crippen LogP contribution in [0.1, 0.15) is 17.2 Å². The Morgan fingerprint density at radius 3 is 2.64 bits per heavy atom. The van der Waals surface area contributed by atoms with E-state index in [9.17, 15) is 26.7 Å². The number of amides is 2. The fourth-order valence-electron chi connectivity index (χ4n) is 2.49. The first-order chi connectivity index (χ1) is 11.8. The second-order valence-electron chi connectivity index (χ2n) is 5.41. The minimum atomic E-state index is -4.62. The van der Waals surface area contributed by atoms with Crippen molar-refractivity contribution in [2.24, 2.45) is 0 Å². The van der Waals surface area contributed by atoms with Gasteiger partial charge in [0.2, 0.25) is 5.82 Å². The molecule has 6 nitrogen and oxygen atoms in total. The molecule has 134 valence electrons. The summed E-state index contributed by atoms with van der Waals surface area (Å²) >= 11 is 0. The van der Waals surface area contributed by atoms with E-state index >= 15 is 0 Å². The molecule has 3 rings (SSSR count). The summed E-state index contributed by atoms with van der Waals surface area (Å²) in [6, 6.07) is 2.37. The summed E-state index contributed by atoms with van der Waals surface area (Å²) in [7, 11) is 0. The largest absolute Gasteiger partial charge is 0.451 e. The van der Waals surface area contributed by atoms with Gasteiger partial charge in [-0.25, -0.2) is 13.6 Å². The quantitative estimate of drug-likeness (QED) is 0.835. The third-order valence-electron chi connectivity index (χ3n) is 3.74. The molecule has 2 aromatic rings. The van der Waals surface area contributed by atoms with Crippen LogP contribution in [0.4, 0.5) is 26.7 Å². The lowest BCUT2D eigenvalue weighted by atomic mass is 10.2. The van der Waals surface area contributed by atoms with Gasteiger partial charge >= 0.3 is 12.2 Å². The zero-order valence-corrected chi connectivity index (χ0v) is 12.6. The first-order valence-corrected chi connectivity index (χ1v) is 7.21. The number of nitrogens with zero attached hydrogens (tertiary/aromatic N) is 4. The van der Waals surface area contributed by atoms with Gasteiger partial charge in [0.15, 0.2) is 5.82 Å². The van der Waals surface area contributed by atoms with Gasteiger partial charge in [-0.1, -0.05) is 6.07 Å². The van der Waals surface area contributed by atoms with Crippen LogP contribution in [-0.4, -0.2) is 32.2 Å². The molecule has 2 amide bonds. The van der Waals surface area contributed by atoms with Gasteiger partial charge in [-0.05, 0) is 6.07 Å². The van der Waals surface area contributed by atoms with E-state index in [4.69, 9.17) is 0 Å². The molecule has 25 heavy (non-hydrogen) atoms. The van der Waals surface area contributed by atoms with E-state index in [-0.39, 0.29) is 37.6 Å². The van der Waals surface area contributed by atoms with Gasteiger partial charge in [-0.15, -0.1) is 10.2 Å². The maximum absolute atomic E-state index is 13.5. The number of alkyl halides is 3. The van der Waals surface area contributed by atoms with E-state index in [0.717, 1.165) is 10.6 Å². The van der Waals surface area contributed by atoms with E-state index in [1.165, 1.54) is 11.0 Å². The van der Waals surface area contributed by atoms with E-state index in [2.05, 4.69) is 15.5 Å². The van der Waals surface area contributed by atoms with Gasteiger partial charge in [0.25, 0.3) is 0 Å². The molecule has 0 atom stereocenters. The van der Waals surface area contributed by atoms with Gasteiger partial charge in [-0.3, -0.25) is 0 Å². The lowest BCUT2D eigenvalue weighted by Crippen LogP contribution is -2.44. The molecule has 0 unspecified atom stereocenters. The van der Waals surface area contributed by atoms with Gasteiger partial charge in [0.05, 0.1) is 6.54 Å². The summed E-state index contributed by atoms with van der Waals surface area (Å²) < 4.78 is 65.6. The van der Waals surface area contributed by atoms with Gasteiger partial charge < -0.3 is 14.8 Å². The van der Waals surface area contributed by atoms with E-state index in [0.29, 0.717) is 6.07 Å². The van der Waals surface area contributed by atoms with Crippen molar-refractivity contribution in [1.29, 1.82) is 0 Å². The number of hydrogen-bond acceptors (Lipinski definition) is 3. The van der Waals surface area contributed by atoms with Crippen molar-refractivity contribution < 1.29 is 26.7 Å². The second kappa shape index (κ2) is 6.30. The Morgan fingerprint density at radius 2 is 1.96 bits per heavy atom. The van der Waals surface area contributed by atoms with Crippen LogP contribution < -0.4 is 5.32 Å². The molecule has 1 aromatic heterocycles. The van der Waals surface area contributed by atoms with E-state index < -0.39 is 29.7 Å². The Labute approximate surface area is 138 Å². The summed E-state index contributed by atoms with van der Waals surface area (Å²) in [6.45, 7) is -0.413. The number of carbonyl (C=O) groups is 1. The van der Waals surface area contributed by atoms with Crippen molar-refractivity contribution in [3.8, 4) is 0 Å². The summed E-state index contributed by atoms with van der Waals surface area (Å²) in [4.78, 5) is 13.3. The van der Waals surface area contributed by atoms with E-state index in [1.807, 2.05) is 0 Å². The summed E-state index contributed by atoms with van der Waals surface area (Å²) in [5.41, 5.74) is 0.0919. The molecule has 11 heteroatoms. The van der Waals surface area contributed by atoms with Gasteiger partial charge in [0.1, 0.15) is 11.6 Å². The lowest BCUT2D eigenvalue weighted by molar-refractivity contribution is -0.147. The number of fused-ring (bicyclic) bond motifs is 1. The molecule has 0 fully saturated rings. The third-order valence-corrected chi connectivity index (χ3v) is 3.74. The SMILES string of the molecule is O=C(NCc1ccc(F)cc1F)N1CCn2c(nnc2C(F)(F)F)C1. The highest BCUT2D eigenvalue weighted by Gasteiger charge is 2.39. The highest BCUT2D eigenvalue weighted by Crippen LogP contribution is 2.29. The number of aromatic nitrogens is 3. The highest BCUT2D eigenvalue weighted by molar-refractivity contribution is 5.74. The summed E-state index contributed by atoms with van der Waals surface area (Å²) in [5, 5.41) is 9.03. The lowest BCUT2D eigenvalue weighted by Gasteiger charge is -2.28. The predicted octanol–water partition coefficient (Wildman–Crippen LogP) is 2.30. The van der Waals surface area contributed by atoms with Gasteiger partial charge in [0, 0.05) is 31.3 Å². The molecular weight excluding hydrogens is 349 g/mol. The van der Waals surface area contributed by atoms with Crippen LogP contribution in [0.15, 0.2) is 18.2 Å². The minimum Gasteiger partial charge on any atom is -0.334 e. The molecular formula is C14H12F5N5O. The average Bonchev–Trinajstić information content (AvgIpc) is 2.97. The zero-order valence-electron chi connectivity index (χ0n) is 12.6. The normalized spacial score (nSPS) is 14.4. The number of halogens is 5. The third kappa shape index (κ3) is 3.54. The minimum absolute atomic E-state index is 0.0155. The molecule has 0 saturated carbocycles. The first-order valence-electron chi connectivity index (χ1n) is 7.21. The smallest absolute Gasteiger partial charge is 0.334 e. The Kier molecular flexibility index (Phi) is 4.31. The van der Waals surface area contributed by atoms with Crippen molar-refractivity contribution in [1.82, 2.24) is 25.0 Å². The van der Waals surface area contributed by atoms with Crippen molar-refractivity contribution in [3.63, 3.8) is 0 Å². The maximum Gasteiger partial charge on any atom is 0.451 e. The number of rotatable bonds is 2. The van der Waals surface area contributed by atoms with Crippen LogP contribution >= 0.6 is 0 Å². The predicted molar refractivity (Wildman–Crippen MR) is 74.0 cm³/mol. The standard InChI is InChI=1S/C14H12F5N5O/c15-9-2-1-8(10(16)5-9)6-20-13(25)23-3-4-24-11(7-23)21-22-12(24)14(17,18)19/h1-2,5H,3-4,6-7H2,(H,20,25). The molecule has 0 saturated heterocycles. The topological polar surface area (TPSA) is 63.1 Å².